The molecule has 0 bridgehead atoms. The number of amides is 2. The highest BCUT2D eigenvalue weighted by Crippen LogP contribution is 2.25. The molecule has 2 atom stereocenters. The second-order valence-electron chi connectivity index (χ2n) is 7.65. The van der Waals surface area contributed by atoms with E-state index in [-0.39, 0.29) is 18.4 Å². The van der Waals surface area contributed by atoms with E-state index in [2.05, 4.69) is 15.3 Å². The van der Waals surface area contributed by atoms with Crippen molar-refractivity contribution in [1.82, 2.24) is 10.2 Å². The van der Waals surface area contributed by atoms with E-state index in [0.29, 0.717) is 11.8 Å². The number of piperidine rings is 1. The van der Waals surface area contributed by atoms with E-state index in [0.717, 1.165) is 51.3 Å². The van der Waals surface area contributed by atoms with Crippen molar-refractivity contribution in [3.63, 3.8) is 0 Å². The molecular formula is C20H27N5O3. The Bertz CT molecular complexity index is 739. The fraction of sp³-hybridized carbons (Fsp3) is 0.550. The zero-order valence-electron chi connectivity index (χ0n) is 15.9. The summed E-state index contributed by atoms with van der Waals surface area (Å²) in [4.78, 5) is 27.1. The number of carbonyl (C=O) groups excluding carboxylic acids is 2. The van der Waals surface area contributed by atoms with Gasteiger partial charge < -0.3 is 15.8 Å². The van der Waals surface area contributed by atoms with Gasteiger partial charge >= 0.3 is 0 Å². The molecule has 3 heterocycles. The summed E-state index contributed by atoms with van der Waals surface area (Å²) in [6.07, 6.45) is 3.15. The lowest BCUT2D eigenvalue weighted by Crippen LogP contribution is -2.49. The maximum absolute atomic E-state index is 12.7. The normalized spacial score (nSPS) is 26.3. The molecule has 0 aromatic heterocycles. The largest absolute Gasteiger partial charge is 0.380 e. The number of para-hydroxylation sites is 1. The number of nitrogens with two attached hydrogens (primary N) is 1. The van der Waals surface area contributed by atoms with Crippen molar-refractivity contribution in [2.75, 3.05) is 31.3 Å². The number of ether oxygens (including phenoxy) is 1. The number of benzene rings is 1. The van der Waals surface area contributed by atoms with Gasteiger partial charge in [0.1, 0.15) is 11.8 Å². The molecule has 2 amide bonds. The molecule has 8 heteroatoms. The Kier molecular flexibility index (Phi) is 5.59. The summed E-state index contributed by atoms with van der Waals surface area (Å²) in [6.45, 7) is 3.59. The maximum Gasteiger partial charge on any atom is 0.267 e. The lowest BCUT2D eigenvalue weighted by atomic mass is 10.0. The van der Waals surface area contributed by atoms with Crippen LogP contribution in [0.4, 0.5) is 5.69 Å². The van der Waals surface area contributed by atoms with Crippen LogP contribution in [0, 0.1) is 0 Å². The first-order chi connectivity index (χ1) is 13.6. The van der Waals surface area contributed by atoms with Gasteiger partial charge in [0.2, 0.25) is 5.91 Å². The van der Waals surface area contributed by atoms with E-state index in [1.807, 2.05) is 30.3 Å². The van der Waals surface area contributed by atoms with Crippen LogP contribution in [0.3, 0.4) is 0 Å². The molecule has 2 fully saturated rings. The number of nitrogens with one attached hydrogen (secondary N) is 1. The number of hydrogen-bond acceptors (Lipinski definition) is 6. The van der Waals surface area contributed by atoms with E-state index >= 15 is 0 Å². The van der Waals surface area contributed by atoms with Gasteiger partial charge in [0.15, 0.2) is 0 Å². The number of hydrazone groups is 1. The number of primary amides is 1. The summed E-state index contributed by atoms with van der Waals surface area (Å²) in [5.74, 6) is -0.685. The predicted molar refractivity (Wildman–Crippen MR) is 106 cm³/mol. The van der Waals surface area contributed by atoms with Crippen LogP contribution in [0.15, 0.2) is 35.4 Å². The van der Waals surface area contributed by atoms with Gasteiger partial charge in [-0.1, -0.05) is 18.2 Å². The molecular weight excluding hydrogens is 358 g/mol. The van der Waals surface area contributed by atoms with Crippen LogP contribution in [-0.4, -0.2) is 66.9 Å². The first kappa shape index (κ1) is 18.9. The molecule has 1 aromatic rings. The molecule has 0 saturated carbocycles. The van der Waals surface area contributed by atoms with Crippen molar-refractivity contribution in [2.24, 2.45) is 10.8 Å². The van der Waals surface area contributed by atoms with Crippen LogP contribution < -0.4 is 16.1 Å². The molecule has 150 valence electrons. The number of likely N-dealkylation sites (tertiary alicyclic amines) is 1. The van der Waals surface area contributed by atoms with Crippen LogP contribution in [0.2, 0.25) is 0 Å². The number of nitrogens with zero attached hydrogens (tertiary/aromatic N) is 3. The van der Waals surface area contributed by atoms with E-state index in [9.17, 15) is 9.59 Å². The summed E-state index contributed by atoms with van der Waals surface area (Å²) < 4.78 is 5.48. The highest BCUT2D eigenvalue weighted by Gasteiger charge is 2.36. The smallest absolute Gasteiger partial charge is 0.267 e. The molecule has 0 spiro atoms. The number of anilines is 1. The average molecular weight is 385 g/mol. The van der Waals surface area contributed by atoms with Crippen molar-refractivity contribution >= 4 is 23.2 Å². The second kappa shape index (κ2) is 8.28. The minimum atomic E-state index is -0.632. The Morgan fingerprint density at radius 3 is 2.54 bits per heavy atom. The Balaban J connectivity index is 1.36. The van der Waals surface area contributed by atoms with Crippen molar-refractivity contribution in [1.29, 1.82) is 0 Å². The molecule has 3 aliphatic heterocycles. The molecule has 3 N–H and O–H groups in total. The second-order valence-corrected chi connectivity index (χ2v) is 7.65. The minimum Gasteiger partial charge on any atom is -0.380 e. The van der Waals surface area contributed by atoms with Crippen molar-refractivity contribution in [3.05, 3.63) is 30.3 Å². The molecule has 0 aliphatic carbocycles. The quantitative estimate of drug-likeness (QED) is 0.768. The lowest BCUT2D eigenvalue weighted by molar-refractivity contribution is -0.119. The van der Waals surface area contributed by atoms with Crippen molar-refractivity contribution < 1.29 is 14.3 Å². The third-order valence-electron chi connectivity index (χ3n) is 5.81. The van der Waals surface area contributed by atoms with E-state index in [4.69, 9.17) is 10.5 Å². The summed E-state index contributed by atoms with van der Waals surface area (Å²) in [7, 11) is 0. The topological polar surface area (TPSA) is 100 Å². The lowest BCUT2D eigenvalue weighted by Gasteiger charge is -2.35. The zero-order chi connectivity index (χ0) is 19.5. The maximum atomic E-state index is 12.7. The average Bonchev–Trinajstić information content (AvgIpc) is 3.39. The molecule has 0 unspecified atom stereocenters. The highest BCUT2D eigenvalue weighted by atomic mass is 16.5. The highest BCUT2D eigenvalue weighted by molar-refractivity contribution is 6.40. The van der Waals surface area contributed by atoms with Gasteiger partial charge in [-0.25, -0.2) is 0 Å². The van der Waals surface area contributed by atoms with Crippen LogP contribution in [0.25, 0.3) is 0 Å². The van der Waals surface area contributed by atoms with Gasteiger partial charge in [-0.3, -0.25) is 19.5 Å². The fourth-order valence-corrected chi connectivity index (χ4v) is 4.18. The SMILES string of the molecule is NC(=O)[C@H]1CC(C(=O)NC2CCN([C@@H]3CCOC3)CC2)=NN1c1ccccc1. The predicted octanol–water partition coefficient (Wildman–Crippen LogP) is 0.476. The van der Waals surface area contributed by atoms with Crippen LogP contribution in [-0.2, 0) is 14.3 Å². The van der Waals surface area contributed by atoms with E-state index in [1.54, 1.807) is 5.01 Å². The number of carbonyl (C=O) groups is 2. The molecule has 3 aliphatic rings. The van der Waals surface area contributed by atoms with Crippen LogP contribution in [0.5, 0.6) is 0 Å². The first-order valence-electron chi connectivity index (χ1n) is 9.95. The summed E-state index contributed by atoms with van der Waals surface area (Å²) in [5, 5.41) is 9.07. The first-order valence-corrected chi connectivity index (χ1v) is 9.95. The molecule has 0 radical (unpaired) electrons. The third kappa shape index (κ3) is 4.02. The van der Waals surface area contributed by atoms with Gasteiger partial charge in [-0.15, -0.1) is 0 Å². The Morgan fingerprint density at radius 2 is 1.89 bits per heavy atom. The molecule has 2 saturated heterocycles. The minimum absolute atomic E-state index is 0.131. The van der Waals surface area contributed by atoms with Gasteiger partial charge in [0.25, 0.3) is 5.91 Å². The molecule has 28 heavy (non-hydrogen) atoms. The molecule has 8 nitrogen and oxygen atoms in total. The van der Waals surface area contributed by atoms with E-state index in [1.165, 1.54) is 0 Å². The van der Waals surface area contributed by atoms with Gasteiger partial charge in [0.05, 0.1) is 12.3 Å². The van der Waals surface area contributed by atoms with Crippen molar-refractivity contribution in [3.8, 4) is 0 Å². The van der Waals surface area contributed by atoms with E-state index < -0.39 is 11.9 Å². The van der Waals surface area contributed by atoms with Crippen molar-refractivity contribution in [2.45, 2.75) is 43.8 Å². The Morgan fingerprint density at radius 1 is 1.14 bits per heavy atom. The monoisotopic (exact) mass is 385 g/mol. The third-order valence-corrected chi connectivity index (χ3v) is 5.81. The Labute approximate surface area is 164 Å². The summed E-state index contributed by atoms with van der Waals surface area (Å²) in [5.41, 5.74) is 6.66. The number of hydrogen-bond donors (Lipinski definition) is 2. The standard InChI is InChI=1S/C20H27N5O3/c21-19(26)18-12-17(23-25(18)15-4-2-1-3-5-15)20(27)22-14-6-9-24(10-7-14)16-8-11-28-13-16/h1-5,14,16,18H,6-13H2,(H2,21,26)(H,22,27)/t16-,18-/m1/s1. The molecule has 1 aromatic carbocycles. The molecule has 4 rings (SSSR count). The van der Waals surface area contributed by atoms with Crippen LogP contribution in [0.1, 0.15) is 25.7 Å². The van der Waals surface area contributed by atoms with Gasteiger partial charge in [0, 0.05) is 38.2 Å². The Hall–Kier alpha value is -2.45. The summed E-state index contributed by atoms with van der Waals surface area (Å²) in [6, 6.07) is 9.34. The fourth-order valence-electron chi connectivity index (χ4n) is 4.18. The van der Waals surface area contributed by atoms with Crippen LogP contribution >= 0.6 is 0 Å². The van der Waals surface area contributed by atoms with Gasteiger partial charge in [-0.2, -0.15) is 5.10 Å². The van der Waals surface area contributed by atoms with Gasteiger partial charge in [-0.05, 0) is 31.4 Å². The zero-order valence-corrected chi connectivity index (χ0v) is 15.9. The summed E-state index contributed by atoms with van der Waals surface area (Å²) >= 11 is 0. The number of rotatable bonds is 5.